The van der Waals surface area contributed by atoms with Gasteiger partial charge in [0.25, 0.3) is 0 Å². The summed E-state index contributed by atoms with van der Waals surface area (Å²) in [4.78, 5) is 23.0. The molecule has 2 N–H and O–H groups in total. The van der Waals surface area contributed by atoms with Crippen molar-refractivity contribution in [3.05, 3.63) is 65.2 Å². The molecule has 0 spiro atoms. The summed E-state index contributed by atoms with van der Waals surface area (Å²) < 4.78 is 0. The Morgan fingerprint density at radius 2 is 1.83 bits per heavy atom. The Kier molecular flexibility index (Phi) is 5.52. The van der Waals surface area contributed by atoms with E-state index in [-0.39, 0.29) is 12.2 Å². The first-order valence-corrected chi connectivity index (χ1v) is 7.62. The summed E-state index contributed by atoms with van der Waals surface area (Å²) >= 11 is 0. The number of rotatable bonds is 7. The maximum atomic E-state index is 12.2. The molecule has 0 saturated heterocycles. The van der Waals surface area contributed by atoms with Gasteiger partial charge in [0.1, 0.15) is 0 Å². The van der Waals surface area contributed by atoms with Crippen LogP contribution in [0.4, 0.5) is 5.69 Å². The van der Waals surface area contributed by atoms with Crippen molar-refractivity contribution in [2.24, 2.45) is 5.92 Å². The molecule has 2 rings (SSSR count). The van der Waals surface area contributed by atoms with Crippen LogP contribution in [0.5, 0.6) is 0 Å². The van der Waals surface area contributed by atoms with Crippen molar-refractivity contribution in [3.63, 3.8) is 0 Å². The van der Waals surface area contributed by atoms with Crippen LogP contribution >= 0.6 is 0 Å². The van der Waals surface area contributed by atoms with Gasteiger partial charge in [-0.1, -0.05) is 37.3 Å². The number of aryl methyl sites for hydroxylation is 1. The van der Waals surface area contributed by atoms with E-state index in [1.807, 2.05) is 49.4 Å². The summed E-state index contributed by atoms with van der Waals surface area (Å²) in [5.74, 6) is -1.61. The first-order chi connectivity index (χ1) is 11.0. The number of carbonyl (C=O) groups is 2. The number of nitrogens with one attached hydrogen (secondary N) is 1. The maximum Gasteiger partial charge on any atom is 0.304 e. The number of hydrogen-bond acceptors (Lipinski definition) is 3. The van der Waals surface area contributed by atoms with Crippen molar-refractivity contribution in [1.82, 2.24) is 0 Å². The molecule has 4 nitrogen and oxygen atoms in total. The Morgan fingerprint density at radius 3 is 2.43 bits per heavy atom. The molecule has 0 radical (unpaired) electrons. The molecule has 0 fully saturated rings. The molecule has 120 valence electrons. The summed E-state index contributed by atoms with van der Waals surface area (Å²) in [5, 5.41) is 12.1. The molecule has 0 heterocycles. The zero-order chi connectivity index (χ0) is 16.8. The molecule has 0 aliphatic carbocycles. The molecular formula is C19H21NO3. The van der Waals surface area contributed by atoms with E-state index in [2.05, 4.69) is 5.32 Å². The van der Waals surface area contributed by atoms with E-state index in [9.17, 15) is 9.59 Å². The minimum absolute atomic E-state index is 0.134. The van der Waals surface area contributed by atoms with Crippen LogP contribution in [0.25, 0.3) is 0 Å². The van der Waals surface area contributed by atoms with Gasteiger partial charge < -0.3 is 10.4 Å². The number of carboxylic acids is 1. The Bertz CT molecular complexity index is 695. The quantitative estimate of drug-likeness (QED) is 0.761. The molecule has 2 aromatic carbocycles. The number of benzene rings is 2. The average Bonchev–Trinajstić information content (AvgIpc) is 2.53. The number of anilines is 1. The third-order valence-electron chi connectivity index (χ3n) is 3.77. The molecule has 23 heavy (non-hydrogen) atoms. The van der Waals surface area contributed by atoms with E-state index in [0.29, 0.717) is 12.1 Å². The predicted molar refractivity (Wildman–Crippen MR) is 90.7 cm³/mol. The summed E-state index contributed by atoms with van der Waals surface area (Å²) in [5.41, 5.74) is 3.68. The third-order valence-corrected chi connectivity index (χ3v) is 3.77. The Hall–Kier alpha value is -2.62. The number of aliphatic carboxylic acids is 1. The first-order valence-electron chi connectivity index (χ1n) is 7.62. The van der Waals surface area contributed by atoms with Crippen molar-refractivity contribution in [3.8, 4) is 0 Å². The smallest absolute Gasteiger partial charge is 0.304 e. The van der Waals surface area contributed by atoms with Gasteiger partial charge in [-0.05, 0) is 36.2 Å². The van der Waals surface area contributed by atoms with E-state index in [1.165, 1.54) is 5.56 Å². The van der Waals surface area contributed by atoms with Crippen LogP contribution in [0, 0.1) is 12.8 Å². The van der Waals surface area contributed by atoms with Crippen LogP contribution in [0.1, 0.15) is 34.8 Å². The van der Waals surface area contributed by atoms with Crippen LogP contribution in [-0.4, -0.2) is 16.9 Å². The highest BCUT2D eigenvalue weighted by atomic mass is 16.4. The van der Waals surface area contributed by atoms with Gasteiger partial charge in [-0.15, -0.1) is 0 Å². The number of carbonyl (C=O) groups excluding carboxylic acids is 1. The van der Waals surface area contributed by atoms with Gasteiger partial charge in [0.2, 0.25) is 0 Å². The molecule has 2 aromatic rings. The number of ketones is 1. The zero-order valence-electron chi connectivity index (χ0n) is 13.4. The summed E-state index contributed by atoms with van der Waals surface area (Å²) in [6, 6.07) is 15.5. The lowest BCUT2D eigenvalue weighted by Crippen LogP contribution is -2.15. The van der Waals surface area contributed by atoms with E-state index in [1.54, 1.807) is 13.0 Å². The topological polar surface area (TPSA) is 66.4 Å². The lowest BCUT2D eigenvalue weighted by Gasteiger charge is -2.13. The Morgan fingerprint density at radius 1 is 1.13 bits per heavy atom. The minimum Gasteiger partial charge on any atom is -0.481 e. The summed E-state index contributed by atoms with van der Waals surface area (Å²) in [6.45, 7) is 4.30. The fourth-order valence-corrected chi connectivity index (χ4v) is 2.45. The Balaban J connectivity index is 2.05. The molecule has 1 atom stereocenters. The van der Waals surface area contributed by atoms with E-state index >= 15 is 0 Å². The lowest BCUT2D eigenvalue weighted by atomic mass is 9.95. The standard InChI is InChI=1S/C19H21NO3/c1-13-10-16(19(23)14(2)11-18(21)22)8-9-17(13)20-12-15-6-4-3-5-7-15/h3-10,14,20H,11-12H2,1-2H3,(H,21,22). The lowest BCUT2D eigenvalue weighted by molar-refractivity contribution is -0.137. The van der Waals surface area contributed by atoms with Crippen molar-refractivity contribution < 1.29 is 14.7 Å². The van der Waals surface area contributed by atoms with Gasteiger partial charge in [0.15, 0.2) is 5.78 Å². The molecule has 1 unspecified atom stereocenters. The number of hydrogen-bond donors (Lipinski definition) is 2. The van der Waals surface area contributed by atoms with Gasteiger partial charge in [-0.25, -0.2) is 0 Å². The van der Waals surface area contributed by atoms with Crippen LogP contribution in [0.15, 0.2) is 48.5 Å². The highest BCUT2D eigenvalue weighted by Gasteiger charge is 2.18. The summed E-state index contributed by atoms with van der Waals surface area (Å²) in [6.07, 6.45) is -0.147. The minimum atomic E-state index is -0.955. The van der Waals surface area contributed by atoms with Crippen LogP contribution in [0.2, 0.25) is 0 Å². The van der Waals surface area contributed by atoms with Crippen molar-refractivity contribution in [1.29, 1.82) is 0 Å². The third kappa shape index (κ3) is 4.68. The van der Waals surface area contributed by atoms with Gasteiger partial charge in [-0.3, -0.25) is 9.59 Å². The number of Topliss-reactive ketones (excluding diaryl/α,β-unsaturated/α-hetero) is 1. The van der Waals surface area contributed by atoms with Gasteiger partial charge in [0.05, 0.1) is 6.42 Å². The monoisotopic (exact) mass is 311 g/mol. The van der Waals surface area contributed by atoms with Crippen LogP contribution < -0.4 is 5.32 Å². The maximum absolute atomic E-state index is 12.2. The molecule has 0 saturated carbocycles. The van der Waals surface area contributed by atoms with E-state index in [4.69, 9.17) is 5.11 Å². The van der Waals surface area contributed by atoms with Gasteiger partial charge in [0, 0.05) is 23.7 Å². The van der Waals surface area contributed by atoms with Gasteiger partial charge >= 0.3 is 5.97 Å². The van der Waals surface area contributed by atoms with Crippen LogP contribution in [-0.2, 0) is 11.3 Å². The highest BCUT2D eigenvalue weighted by molar-refractivity contribution is 5.99. The van der Waals surface area contributed by atoms with E-state index < -0.39 is 11.9 Å². The molecule has 0 bridgehead atoms. The van der Waals surface area contributed by atoms with Crippen molar-refractivity contribution in [2.75, 3.05) is 5.32 Å². The second-order valence-corrected chi connectivity index (χ2v) is 5.73. The number of carboxylic acid groups (broad SMARTS) is 1. The molecule has 4 heteroatoms. The zero-order valence-corrected chi connectivity index (χ0v) is 13.4. The fourth-order valence-electron chi connectivity index (χ4n) is 2.45. The van der Waals surface area contributed by atoms with Gasteiger partial charge in [-0.2, -0.15) is 0 Å². The first kappa shape index (κ1) is 16.7. The van der Waals surface area contributed by atoms with Crippen LogP contribution in [0.3, 0.4) is 0 Å². The molecule has 0 aliphatic heterocycles. The second kappa shape index (κ2) is 7.58. The Labute approximate surface area is 136 Å². The van der Waals surface area contributed by atoms with Crippen molar-refractivity contribution >= 4 is 17.4 Å². The fraction of sp³-hybridized carbons (Fsp3) is 0.263. The van der Waals surface area contributed by atoms with E-state index in [0.717, 1.165) is 11.3 Å². The highest BCUT2D eigenvalue weighted by Crippen LogP contribution is 2.20. The largest absolute Gasteiger partial charge is 0.481 e. The SMILES string of the molecule is Cc1cc(C(=O)C(C)CC(=O)O)ccc1NCc1ccccc1. The normalized spacial score (nSPS) is 11.7. The molecular weight excluding hydrogens is 290 g/mol. The molecule has 0 aromatic heterocycles. The molecule has 0 amide bonds. The average molecular weight is 311 g/mol. The predicted octanol–water partition coefficient (Wildman–Crippen LogP) is 3.90. The van der Waals surface area contributed by atoms with Crippen molar-refractivity contribution in [2.45, 2.75) is 26.8 Å². The summed E-state index contributed by atoms with van der Waals surface area (Å²) in [7, 11) is 0. The molecule has 0 aliphatic rings. The second-order valence-electron chi connectivity index (χ2n) is 5.73.